The molecule has 1 rings (SSSR count). The lowest BCUT2D eigenvalue weighted by molar-refractivity contribution is -0.117. The van der Waals surface area contributed by atoms with Crippen molar-refractivity contribution < 1.29 is 9.53 Å². The van der Waals surface area contributed by atoms with Crippen LogP contribution < -0.4 is 10.5 Å². The number of hydrogen-bond donors (Lipinski definition) is 1. The van der Waals surface area contributed by atoms with Crippen LogP contribution in [0.1, 0.15) is 6.92 Å². The van der Waals surface area contributed by atoms with Crippen molar-refractivity contribution in [3.05, 3.63) is 29.3 Å². The minimum absolute atomic E-state index is 0.178. The van der Waals surface area contributed by atoms with Gasteiger partial charge in [0, 0.05) is 10.8 Å². The minimum Gasteiger partial charge on any atom is -0.493 e. The highest BCUT2D eigenvalue weighted by Gasteiger charge is 2.08. The molecule has 0 aliphatic heterocycles. The highest BCUT2D eigenvalue weighted by atomic mass is 35.5. The summed E-state index contributed by atoms with van der Waals surface area (Å²) in [5, 5.41) is 0.471. The van der Waals surface area contributed by atoms with Crippen LogP contribution in [0.3, 0.4) is 0 Å². The standard InChI is InChI=1S/C11H14ClNO2S/c1-8(11(13)14)16-6-5-15-10-4-2-3-9(12)7-10/h2-4,7-8H,5-6H2,1H3,(H2,13,14). The zero-order valence-corrected chi connectivity index (χ0v) is 10.6. The number of carbonyl (C=O) groups is 1. The Morgan fingerprint density at radius 2 is 2.38 bits per heavy atom. The predicted molar refractivity (Wildman–Crippen MR) is 68.1 cm³/mol. The summed E-state index contributed by atoms with van der Waals surface area (Å²) in [5.41, 5.74) is 5.13. The van der Waals surface area contributed by atoms with Crippen molar-refractivity contribution >= 4 is 29.3 Å². The molecule has 0 saturated carbocycles. The quantitative estimate of drug-likeness (QED) is 0.798. The molecule has 5 heteroatoms. The summed E-state index contributed by atoms with van der Waals surface area (Å²) in [7, 11) is 0. The molecule has 1 atom stereocenters. The Bertz CT molecular complexity index is 360. The molecule has 0 fully saturated rings. The van der Waals surface area contributed by atoms with Crippen molar-refractivity contribution in [2.24, 2.45) is 5.73 Å². The van der Waals surface area contributed by atoms with Crippen molar-refractivity contribution in [1.82, 2.24) is 0 Å². The molecule has 16 heavy (non-hydrogen) atoms. The van der Waals surface area contributed by atoms with Crippen LogP contribution in [0, 0.1) is 0 Å². The lowest BCUT2D eigenvalue weighted by Gasteiger charge is -2.08. The van der Waals surface area contributed by atoms with Crippen molar-refractivity contribution in [1.29, 1.82) is 0 Å². The fourth-order valence-electron chi connectivity index (χ4n) is 1.02. The number of nitrogens with two attached hydrogens (primary N) is 1. The molecule has 3 nitrogen and oxygen atoms in total. The number of ether oxygens (including phenoxy) is 1. The molecule has 1 aromatic carbocycles. The molecule has 1 amide bonds. The largest absolute Gasteiger partial charge is 0.493 e. The second kappa shape index (κ2) is 6.66. The molecule has 0 aliphatic rings. The van der Waals surface area contributed by atoms with Gasteiger partial charge in [0.1, 0.15) is 5.75 Å². The van der Waals surface area contributed by atoms with E-state index in [-0.39, 0.29) is 11.2 Å². The van der Waals surface area contributed by atoms with Gasteiger partial charge in [-0.2, -0.15) is 0 Å². The fourth-order valence-corrected chi connectivity index (χ4v) is 1.90. The molecule has 0 heterocycles. The molecule has 0 aliphatic carbocycles. The number of primary amides is 1. The third kappa shape index (κ3) is 4.77. The van der Waals surface area contributed by atoms with Gasteiger partial charge in [-0.1, -0.05) is 17.7 Å². The van der Waals surface area contributed by atoms with Crippen LogP contribution in [-0.2, 0) is 4.79 Å². The Hall–Kier alpha value is -0.870. The molecule has 2 N–H and O–H groups in total. The first-order chi connectivity index (χ1) is 7.59. The van der Waals surface area contributed by atoms with E-state index in [9.17, 15) is 4.79 Å². The van der Waals surface area contributed by atoms with Gasteiger partial charge >= 0.3 is 0 Å². The minimum atomic E-state index is -0.298. The summed E-state index contributed by atoms with van der Waals surface area (Å²) in [6, 6.07) is 7.22. The van der Waals surface area contributed by atoms with E-state index in [1.165, 1.54) is 11.8 Å². The average Bonchev–Trinajstić information content (AvgIpc) is 2.24. The normalized spacial score (nSPS) is 12.1. The van der Waals surface area contributed by atoms with Gasteiger partial charge in [0.2, 0.25) is 5.91 Å². The smallest absolute Gasteiger partial charge is 0.230 e. The second-order valence-electron chi connectivity index (χ2n) is 3.22. The highest BCUT2D eigenvalue weighted by Crippen LogP contribution is 2.17. The third-order valence-corrected chi connectivity index (χ3v) is 3.29. The zero-order valence-electron chi connectivity index (χ0n) is 8.98. The van der Waals surface area contributed by atoms with E-state index in [0.29, 0.717) is 11.6 Å². The first-order valence-corrected chi connectivity index (χ1v) is 6.31. The monoisotopic (exact) mass is 259 g/mol. The molecule has 0 bridgehead atoms. The molecule has 88 valence electrons. The fraction of sp³-hybridized carbons (Fsp3) is 0.364. The Balaban J connectivity index is 2.23. The number of carbonyl (C=O) groups excluding carboxylic acids is 1. The van der Waals surface area contributed by atoms with Gasteiger partial charge in [-0.3, -0.25) is 4.79 Å². The molecule has 0 aromatic heterocycles. The molecule has 1 aromatic rings. The van der Waals surface area contributed by atoms with E-state index in [4.69, 9.17) is 22.1 Å². The van der Waals surface area contributed by atoms with Gasteiger partial charge in [0.05, 0.1) is 11.9 Å². The van der Waals surface area contributed by atoms with Gasteiger partial charge in [0.25, 0.3) is 0 Å². The highest BCUT2D eigenvalue weighted by molar-refractivity contribution is 8.00. The van der Waals surface area contributed by atoms with Crippen LogP contribution in [0.5, 0.6) is 5.75 Å². The van der Waals surface area contributed by atoms with Crippen molar-refractivity contribution in [2.75, 3.05) is 12.4 Å². The Kier molecular flexibility index (Phi) is 5.49. The summed E-state index contributed by atoms with van der Waals surface area (Å²) in [6.07, 6.45) is 0. The first-order valence-electron chi connectivity index (χ1n) is 4.89. The maximum Gasteiger partial charge on any atom is 0.230 e. The predicted octanol–water partition coefficient (Wildman–Crippen LogP) is 2.33. The Labute approximate surface area is 104 Å². The van der Waals surface area contributed by atoms with E-state index >= 15 is 0 Å². The average molecular weight is 260 g/mol. The van der Waals surface area contributed by atoms with Gasteiger partial charge < -0.3 is 10.5 Å². The third-order valence-electron chi connectivity index (χ3n) is 1.92. The first kappa shape index (κ1) is 13.2. The van der Waals surface area contributed by atoms with Crippen molar-refractivity contribution in [3.8, 4) is 5.75 Å². The van der Waals surface area contributed by atoms with Crippen LogP contribution in [-0.4, -0.2) is 23.5 Å². The maximum atomic E-state index is 10.8. The van der Waals surface area contributed by atoms with Gasteiger partial charge in [0.15, 0.2) is 0 Å². The van der Waals surface area contributed by atoms with Crippen LogP contribution in [0.15, 0.2) is 24.3 Å². The van der Waals surface area contributed by atoms with Crippen molar-refractivity contribution in [3.63, 3.8) is 0 Å². The molecule has 0 radical (unpaired) electrons. The van der Waals surface area contributed by atoms with E-state index in [0.717, 1.165) is 11.5 Å². The lowest BCUT2D eigenvalue weighted by Crippen LogP contribution is -2.23. The van der Waals surface area contributed by atoms with E-state index in [2.05, 4.69) is 0 Å². The molecule has 0 saturated heterocycles. The summed E-state index contributed by atoms with van der Waals surface area (Å²) >= 11 is 7.28. The molecular formula is C11H14ClNO2S. The van der Waals surface area contributed by atoms with E-state index in [1.54, 1.807) is 19.1 Å². The molecule has 0 spiro atoms. The summed E-state index contributed by atoms with van der Waals surface area (Å²) in [6.45, 7) is 2.31. The number of hydrogen-bond acceptors (Lipinski definition) is 3. The van der Waals surface area contributed by atoms with E-state index < -0.39 is 0 Å². The van der Waals surface area contributed by atoms with Gasteiger partial charge in [-0.05, 0) is 25.1 Å². The number of rotatable bonds is 6. The molecular weight excluding hydrogens is 246 g/mol. The summed E-state index contributed by atoms with van der Waals surface area (Å²) in [5.74, 6) is 1.16. The van der Waals surface area contributed by atoms with Crippen LogP contribution in [0.25, 0.3) is 0 Å². The second-order valence-corrected chi connectivity index (χ2v) is 5.11. The number of benzene rings is 1. The van der Waals surface area contributed by atoms with Crippen LogP contribution in [0.4, 0.5) is 0 Å². The van der Waals surface area contributed by atoms with Crippen LogP contribution in [0.2, 0.25) is 5.02 Å². The zero-order chi connectivity index (χ0) is 12.0. The number of halogens is 1. The van der Waals surface area contributed by atoms with Crippen LogP contribution >= 0.6 is 23.4 Å². The number of thioether (sulfide) groups is 1. The SMILES string of the molecule is CC(SCCOc1cccc(Cl)c1)C(N)=O. The summed E-state index contributed by atoms with van der Waals surface area (Å²) < 4.78 is 5.46. The maximum absolute atomic E-state index is 10.8. The van der Waals surface area contributed by atoms with Gasteiger partial charge in [-0.15, -0.1) is 11.8 Å². The summed E-state index contributed by atoms with van der Waals surface area (Å²) in [4.78, 5) is 10.8. The van der Waals surface area contributed by atoms with Crippen molar-refractivity contribution in [2.45, 2.75) is 12.2 Å². The van der Waals surface area contributed by atoms with Gasteiger partial charge in [-0.25, -0.2) is 0 Å². The molecule has 1 unspecified atom stereocenters. The lowest BCUT2D eigenvalue weighted by atomic mass is 10.3. The number of amides is 1. The van der Waals surface area contributed by atoms with E-state index in [1.807, 2.05) is 12.1 Å². The Morgan fingerprint density at radius 1 is 1.62 bits per heavy atom. The Morgan fingerprint density at radius 3 is 3.00 bits per heavy atom. The topological polar surface area (TPSA) is 52.3 Å².